The molecule has 1 aromatic rings. The summed E-state index contributed by atoms with van der Waals surface area (Å²) in [4.78, 5) is 13.9. The molecule has 2 aliphatic rings. The molecule has 0 aromatic heterocycles. The van der Waals surface area contributed by atoms with Gasteiger partial charge in [-0.25, -0.2) is 8.42 Å². The van der Waals surface area contributed by atoms with E-state index in [4.69, 9.17) is 0 Å². The maximum Gasteiger partial charge on any atom is 0.243 e. The fraction of sp³-hybridized carbons (Fsp3) is 0.611. The number of carbonyl (C=O) groups excluding carboxylic acids is 1. The van der Waals surface area contributed by atoms with Gasteiger partial charge in [0.15, 0.2) is 0 Å². The molecule has 1 aromatic carbocycles. The average Bonchev–Trinajstić information content (AvgIpc) is 3.09. The number of rotatable bonds is 3. The first-order valence-corrected chi connectivity index (χ1v) is 10.1. The Bertz CT molecular complexity index is 758. The van der Waals surface area contributed by atoms with Crippen molar-refractivity contribution in [3.63, 3.8) is 0 Å². The van der Waals surface area contributed by atoms with E-state index in [0.29, 0.717) is 23.8 Å². The number of amides is 1. The maximum atomic E-state index is 13.1. The van der Waals surface area contributed by atoms with Gasteiger partial charge in [0.25, 0.3) is 0 Å². The number of benzene rings is 1. The summed E-state index contributed by atoms with van der Waals surface area (Å²) < 4.78 is 27.9. The molecule has 0 bridgehead atoms. The molecule has 3 rings (SSSR count). The number of anilines is 1. The smallest absolute Gasteiger partial charge is 0.243 e. The number of nitrogens with zero attached hydrogens (tertiary/aromatic N) is 2. The first-order chi connectivity index (χ1) is 11.2. The van der Waals surface area contributed by atoms with Gasteiger partial charge in [0.2, 0.25) is 15.9 Å². The Balaban J connectivity index is 1.97. The summed E-state index contributed by atoms with van der Waals surface area (Å²) in [5.41, 5.74) is 1.79. The fourth-order valence-electron chi connectivity index (χ4n) is 4.11. The predicted octanol–water partition coefficient (Wildman–Crippen LogP) is 2.79. The lowest BCUT2D eigenvalue weighted by atomic mass is 10.0. The number of sulfonamides is 1. The van der Waals surface area contributed by atoms with Crippen molar-refractivity contribution in [2.45, 2.75) is 63.9 Å². The molecular formula is C18H26N2O3S. The summed E-state index contributed by atoms with van der Waals surface area (Å²) in [6, 6.07) is 5.35. The van der Waals surface area contributed by atoms with Crippen LogP contribution in [0.1, 0.15) is 46.1 Å². The van der Waals surface area contributed by atoms with E-state index in [1.54, 1.807) is 34.3 Å². The topological polar surface area (TPSA) is 57.7 Å². The second-order valence-electron chi connectivity index (χ2n) is 7.30. The van der Waals surface area contributed by atoms with E-state index >= 15 is 0 Å². The van der Waals surface area contributed by atoms with Crippen molar-refractivity contribution in [3.8, 4) is 0 Å². The van der Waals surface area contributed by atoms with Crippen LogP contribution in [0.2, 0.25) is 0 Å². The lowest BCUT2D eigenvalue weighted by molar-refractivity contribution is -0.116. The highest BCUT2D eigenvalue weighted by molar-refractivity contribution is 7.89. The number of hydrogen-bond donors (Lipinski definition) is 0. The lowest BCUT2D eigenvalue weighted by Crippen LogP contribution is -2.38. The SMILES string of the molecule is CC(=O)N1c2ccc(S(=O)(=O)N3CCCC3C(C)C)cc2CC1C. The van der Waals surface area contributed by atoms with Crippen LogP contribution < -0.4 is 4.90 Å². The van der Waals surface area contributed by atoms with Gasteiger partial charge in [0.1, 0.15) is 0 Å². The average molecular weight is 350 g/mol. The second kappa shape index (κ2) is 6.15. The minimum absolute atomic E-state index is 0.00345. The van der Waals surface area contributed by atoms with Gasteiger partial charge in [-0.2, -0.15) is 4.31 Å². The molecule has 1 amide bonds. The van der Waals surface area contributed by atoms with Crippen LogP contribution in [-0.2, 0) is 21.2 Å². The third-order valence-electron chi connectivity index (χ3n) is 5.23. The molecule has 2 aliphatic heterocycles. The standard InChI is InChI=1S/C18H26N2O3S/c1-12(2)17-6-5-9-19(17)24(22,23)16-7-8-18-15(11-16)10-13(3)20(18)14(4)21/h7-8,11-13,17H,5-6,9-10H2,1-4H3. The van der Waals surface area contributed by atoms with Crippen LogP contribution in [0.3, 0.4) is 0 Å². The number of hydrogen-bond acceptors (Lipinski definition) is 3. The Morgan fingerprint density at radius 3 is 2.62 bits per heavy atom. The van der Waals surface area contributed by atoms with Crippen LogP contribution in [0.15, 0.2) is 23.1 Å². The number of carbonyl (C=O) groups is 1. The highest BCUT2D eigenvalue weighted by Gasteiger charge is 2.38. The Hall–Kier alpha value is -1.40. The third kappa shape index (κ3) is 2.75. The third-order valence-corrected chi connectivity index (χ3v) is 7.15. The first kappa shape index (κ1) is 17.4. The van der Waals surface area contributed by atoms with Crippen molar-refractivity contribution in [1.82, 2.24) is 4.31 Å². The van der Waals surface area contributed by atoms with E-state index in [0.717, 1.165) is 24.1 Å². The summed E-state index contributed by atoms with van der Waals surface area (Å²) in [6.07, 6.45) is 2.55. The first-order valence-electron chi connectivity index (χ1n) is 8.68. The molecule has 0 spiro atoms. The molecule has 6 heteroatoms. The van der Waals surface area contributed by atoms with Gasteiger partial charge in [-0.1, -0.05) is 13.8 Å². The molecule has 5 nitrogen and oxygen atoms in total. The molecule has 1 saturated heterocycles. The van der Waals surface area contributed by atoms with Crippen molar-refractivity contribution < 1.29 is 13.2 Å². The minimum atomic E-state index is -3.48. The van der Waals surface area contributed by atoms with Crippen LogP contribution >= 0.6 is 0 Å². The highest BCUT2D eigenvalue weighted by atomic mass is 32.2. The molecule has 0 aliphatic carbocycles. The Labute approximate surface area is 144 Å². The highest BCUT2D eigenvalue weighted by Crippen LogP contribution is 2.36. The lowest BCUT2D eigenvalue weighted by Gasteiger charge is -2.27. The molecule has 2 unspecified atom stereocenters. The molecular weight excluding hydrogens is 324 g/mol. The van der Waals surface area contributed by atoms with Crippen molar-refractivity contribution in [2.75, 3.05) is 11.4 Å². The summed E-state index contributed by atoms with van der Waals surface area (Å²) in [5, 5.41) is 0. The van der Waals surface area contributed by atoms with E-state index in [2.05, 4.69) is 13.8 Å². The molecule has 0 saturated carbocycles. The summed E-state index contributed by atoms with van der Waals surface area (Å²) >= 11 is 0. The van der Waals surface area contributed by atoms with Crippen molar-refractivity contribution in [2.24, 2.45) is 5.92 Å². The molecule has 1 fully saturated rings. The molecule has 132 valence electrons. The molecule has 24 heavy (non-hydrogen) atoms. The second-order valence-corrected chi connectivity index (χ2v) is 9.19. The van der Waals surface area contributed by atoms with Gasteiger partial charge >= 0.3 is 0 Å². The van der Waals surface area contributed by atoms with Crippen LogP contribution in [0.4, 0.5) is 5.69 Å². The zero-order chi connectivity index (χ0) is 17.6. The van der Waals surface area contributed by atoms with Gasteiger partial charge in [-0.3, -0.25) is 4.79 Å². The Kier molecular flexibility index (Phi) is 4.47. The largest absolute Gasteiger partial charge is 0.309 e. The van der Waals surface area contributed by atoms with Crippen molar-refractivity contribution in [1.29, 1.82) is 0 Å². The summed E-state index contributed by atoms with van der Waals surface area (Å²) in [6.45, 7) is 8.29. The summed E-state index contributed by atoms with van der Waals surface area (Å²) in [5.74, 6) is 0.307. The predicted molar refractivity (Wildman–Crippen MR) is 94.5 cm³/mol. The Morgan fingerprint density at radius 2 is 2.00 bits per heavy atom. The van der Waals surface area contributed by atoms with Crippen molar-refractivity contribution in [3.05, 3.63) is 23.8 Å². The monoisotopic (exact) mass is 350 g/mol. The van der Waals surface area contributed by atoms with Crippen LogP contribution in [0, 0.1) is 5.92 Å². The van der Waals surface area contributed by atoms with E-state index in [1.165, 1.54) is 0 Å². The maximum absolute atomic E-state index is 13.1. The van der Waals surface area contributed by atoms with E-state index < -0.39 is 10.0 Å². The van der Waals surface area contributed by atoms with Crippen LogP contribution in [-0.4, -0.2) is 37.3 Å². The van der Waals surface area contributed by atoms with Crippen molar-refractivity contribution >= 4 is 21.6 Å². The normalized spacial score (nSPS) is 24.6. The molecule has 2 atom stereocenters. The minimum Gasteiger partial charge on any atom is -0.309 e. The van der Waals surface area contributed by atoms with Gasteiger partial charge in [-0.15, -0.1) is 0 Å². The molecule has 0 radical (unpaired) electrons. The van der Waals surface area contributed by atoms with E-state index in [1.807, 2.05) is 6.92 Å². The van der Waals surface area contributed by atoms with Crippen LogP contribution in [0.25, 0.3) is 0 Å². The zero-order valence-corrected chi connectivity index (χ0v) is 15.6. The number of fused-ring (bicyclic) bond motifs is 1. The quantitative estimate of drug-likeness (QED) is 0.842. The Morgan fingerprint density at radius 1 is 1.29 bits per heavy atom. The van der Waals surface area contributed by atoms with Gasteiger partial charge in [0.05, 0.1) is 4.90 Å². The van der Waals surface area contributed by atoms with E-state index in [-0.39, 0.29) is 18.0 Å². The fourth-order valence-corrected chi connectivity index (χ4v) is 5.99. The molecule has 0 N–H and O–H groups in total. The summed E-state index contributed by atoms with van der Waals surface area (Å²) in [7, 11) is -3.48. The zero-order valence-electron chi connectivity index (χ0n) is 14.8. The van der Waals surface area contributed by atoms with E-state index in [9.17, 15) is 13.2 Å². The van der Waals surface area contributed by atoms with Gasteiger partial charge in [0, 0.05) is 31.2 Å². The molecule has 2 heterocycles. The van der Waals surface area contributed by atoms with Crippen LogP contribution in [0.5, 0.6) is 0 Å². The van der Waals surface area contributed by atoms with Gasteiger partial charge < -0.3 is 4.90 Å². The van der Waals surface area contributed by atoms with Gasteiger partial charge in [-0.05, 0) is 55.9 Å².